The normalized spacial score (nSPS) is 10.9. The van der Waals surface area contributed by atoms with Crippen LogP contribution in [0.15, 0.2) is 78.0 Å². The average Bonchev–Trinajstić information content (AvgIpc) is 2.72. The molecule has 3 rings (SSSR count). The molecule has 0 bridgehead atoms. The lowest BCUT2D eigenvalue weighted by molar-refractivity contribution is 0.328. The second kappa shape index (κ2) is 9.09. The second-order valence-electron chi connectivity index (χ2n) is 5.83. The van der Waals surface area contributed by atoms with Gasteiger partial charge < -0.3 is 14.8 Å². The first-order valence-corrected chi connectivity index (χ1v) is 10.1. The molecule has 3 aromatic rings. The maximum Gasteiger partial charge on any atom is 0.262 e. The first kappa shape index (κ1) is 19.5. The summed E-state index contributed by atoms with van der Waals surface area (Å²) >= 11 is 0. The molecule has 0 spiro atoms. The molecular weight excluding hydrogens is 378 g/mol. The summed E-state index contributed by atoms with van der Waals surface area (Å²) in [6.07, 6.45) is 3.39. The average molecular weight is 399 g/mol. The van der Waals surface area contributed by atoms with Gasteiger partial charge in [0.05, 0.1) is 12.0 Å². The Morgan fingerprint density at radius 3 is 2.36 bits per heavy atom. The van der Waals surface area contributed by atoms with Gasteiger partial charge in [0.2, 0.25) is 0 Å². The lowest BCUT2D eigenvalue weighted by Gasteiger charge is -2.13. The Kier molecular flexibility index (Phi) is 6.33. The van der Waals surface area contributed by atoms with E-state index in [9.17, 15) is 8.42 Å². The number of methoxy groups -OCH3 is 1. The minimum Gasteiger partial charge on any atom is -0.497 e. The van der Waals surface area contributed by atoms with Crippen LogP contribution in [0.2, 0.25) is 0 Å². The number of hydrogen-bond acceptors (Lipinski definition) is 6. The maximum atomic E-state index is 12.7. The van der Waals surface area contributed by atoms with Crippen molar-refractivity contribution in [2.45, 2.75) is 4.90 Å². The number of nitrogens with one attached hydrogen (secondary N) is 2. The fraction of sp³-hybridized carbons (Fsp3) is 0.150. The summed E-state index contributed by atoms with van der Waals surface area (Å²) in [6, 6.07) is 17.0. The summed E-state index contributed by atoms with van der Waals surface area (Å²) in [5, 5.41) is 3.19. The van der Waals surface area contributed by atoms with Gasteiger partial charge in [0, 0.05) is 48.5 Å². The van der Waals surface area contributed by atoms with Gasteiger partial charge in [-0.1, -0.05) is 18.2 Å². The highest BCUT2D eigenvalue weighted by Gasteiger charge is 2.17. The van der Waals surface area contributed by atoms with E-state index in [1.165, 1.54) is 19.2 Å². The van der Waals surface area contributed by atoms with Gasteiger partial charge in [0.15, 0.2) is 0 Å². The van der Waals surface area contributed by atoms with Crippen LogP contribution >= 0.6 is 0 Å². The van der Waals surface area contributed by atoms with Crippen molar-refractivity contribution in [2.24, 2.45) is 0 Å². The van der Waals surface area contributed by atoms with Crippen LogP contribution in [0.25, 0.3) is 0 Å². The third kappa shape index (κ3) is 5.37. The largest absolute Gasteiger partial charge is 0.497 e. The molecule has 8 heteroatoms. The molecular formula is C20H21N3O4S. The van der Waals surface area contributed by atoms with Crippen LogP contribution in [0.3, 0.4) is 0 Å². The fourth-order valence-corrected chi connectivity index (χ4v) is 3.56. The summed E-state index contributed by atoms with van der Waals surface area (Å²) in [6.45, 7) is 0.895. The quantitative estimate of drug-likeness (QED) is 0.536. The first-order valence-electron chi connectivity index (χ1n) is 8.60. The van der Waals surface area contributed by atoms with E-state index in [0.717, 1.165) is 5.69 Å². The van der Waals surface area contributed by atoms with Crippen molar-refractivity contribution in [1.29, 1.82) is 0 Å². The molecule has 28 heavy (non-hydrogen) atoms. The lowest BCUT2D eigenvalue weighted by atomic mass is 10.3. The summed E-state index contributed by atoms with van der Waals surface area (Å²) in [7, 11) is -2.30. The van der Waals surface area contributed by atoms with E-state index < -0.39 is 10.0 Å². The fourth-order valence-electron chi connectivity index (χ4n) is 2.46. The number of nitrogens with zero attached hydrogens (tertiary/aromatic N) is 1. The number of benzene rings is 2. The van der Waals surface area contributed by atoms with Crippen LogP contribution in [-0.2, 0) is 10.0 Å². The number of aromatic nitrogens is 1. The SMILES string of the molecule is COc1cc(OCCNc2ccncc2)cc(S(=O)(=O)Nc2ccccc2)c1. The smallest absolute Gasteiger partial charge is 0.262 e. The highest BCUT2D eigenvalue weighted by molar-refractivity contribution is 7.92. The Hall–Kier alpha value is -3.26. The van der Waals surface area contributed by atoms with E-state index in [1.54, 1.807) is 42.7 Å². The van der Waals surface area contributed by atoms with Gasteiger partial charge in [-0.15, -0.1) is 0 Å². The molecule has 0 radical (unpaired) electrons. The Morgan fingerprint density at radius 1 is 0.929 bits per heavy atom. The minimum absolute atomic E-state index is 0.0628. The minimum atomic E-state index is -3.77. The number of ether oxygens (including phenoxy) is 2. The molecule has 0 amide bonds. The van der Waals surface area contributed by atoms with Gasteiger partial charge in [-0.2, -0.15) is 0 Å². The molecule has 1 heterocycles. The number of hydrogen-bond donors (Lipinski definition) is 2. The number of sulfonamides is 1. The van der Waals surface area contributed by atoms with Crippen LogP contribution < -0.4 is 19.5 Å². The molecule has 0 aliphatic heterocycles. The molecule has 0 saturated heterocycles. The third-order valence-electron chi connectivity index (χ3n) is 3.81. The zero-order chi connectivity index (χ0) is 19.8. The number of para-hydroxylation sites is 1. The van der Waals surface area contributed by atoms with Gasteiger partial charge >= 0.3 is 0 Å². The van der Waals surface area contributed by atoms with Gasteiger partial charge in [-0.25, -0.2) is 8.42 Å². The number of pyridine rings is 1. The van der Waals surface area contributed by atoms with Crippen molar-refractivity contribution >= 4 is 21.4 Å². The molecule has 1 aromatic heterocycles. The highest BCUT2D eigenvalue weighted by Crippen LogP contribution is 2.27. The van der Waals surface area contributed by atoms with Crippen LogP contribution in [0.1, 0.15) is 0 Å². The molecule has 0 unspecified atom stereocenters. The Bertz CT molecular complexity index is 996. The van der Waals surface area contributed by atoms with E-state index in [0.29, 0.717) is 30.3 Å². The molecule has 146 valence electrons. The second-order valence-corrected chi connectivity index (χ2v) is 7.51. The summed E-state index contributed by atoms with van der Waals surface area (Å²) < 4.78 is 38.9. The third-order valence-corrected chi connectivity index (χ3v) is 5.17. The van der Waals surface area contributed by atoms with E-state index in [4.69, 9.17) is 9.47 Å². The van der Waals surface area contributed by atoms with Crippen LogP contribution in [0.4, 0.5) is 11.4 Å². The molecule has 0 aliphatic rings. The molecule has 0 aliphatic carbocycles. The van der Waals surface area contributed by atoms with Crippen LogP contribution in [0, 0.1) is 0 Å². The Morgan fingerprint density at radius 2 is 1.64 bits per heavy atom. The van der Waals surface area contributed by atoms with Gasteiger partial charge in [-0.3, -0.25) is 9.71 Å². The summed E-state index contributed by atoms with van der Waals surface area (Å²) in [4.78, 5) is 4.02. The summed E-state index contributed by atoms with van der Waals surface area (Å²) in [5.74, 6) is 0.803. The topological polar surface area (TPSA) is 89.6 Å². The predicted molar refractivity (Wildman–Crippen MR) is 108 cm³/mol. The van der Waals surface area contributed by atoms with Crippen molar-refractivity contribution in [3.63, 3.8) is 0 Å². The maximum absolute atomic E-state index is 12.7. The van der Waals surface area contributed by atoms with Crippen molar-refractivity contribution in [1.82, 2.24) is 4.98 Å². The molecule has 7 nitrogen and oxygen atoms in total. The van der Waals surface area contributed by atoms with Crippen molar-refractivity contribution in [3.05, 3.63) is 73.1 Å². The predicted octanol–water partition coefficient (Wildman–Crippen LogP) is 3.38. The lowest BCUT2D eigenvalue weighted by Crippen LogP contribution is -2.14. The molecule has 0 saturated carbocycles. The molecule has 2 N–H and O–H groups in total. The van der Waals surface area contributed by atoms with Crippen molar-refractivity contribution in [2.75, 3.05) is 30.3 Å². The molecule has 0 fully saturated rings. The van der Waals surface area contributed by atoms with Crippen molar-refractivity contribution < 1.29 is 17.9 Å². The Balaban J connectivity index is 1.69. The monoisotopic (exact) mass is 399 g/mol. The van der Waals surface area contributed by atoms with E-state index >= 15 is 0 Å². The van der Waals surface area contributed by atoms with E-state index in [2.05, 4.69) is 15.0 Å². The zero-order valence-corrected chi connectivity index (χ0v) is 16.1. The standard InChI is InChI=1S/C20H21N3O4S/c1-26-18-13-19(27-12-11-22-16-7-9-21-10-8-16)15-20(14-18)28(24,25)23-17-5-3-2-4-6-17/h2-10,13-15,23H,11-12H2,1H3,(H,21,22). The summed E-state index contributed by atoms with van der Waals surface area (Å²) in [5.41, 5.74) is 1.41. The first-order chi connectivity index (χ1) is 13.6. The number of rotatable bonds is 9. The van der Waals surface area contributed by atoms with Gasteiger partial charge in [-0.05, 0) is 24.3 Å². The highest BCUT2D eigenvalue weighted by atomic mass is 32.2. The zero-order valence-electron chi connectivity index (χ0n) is 15.3. The van der Waals surface area contributed by atoms with Crippen molar-refractivity contribution in [3.8, 4) is 11.5 Å². The van der Waals surface area contributed by atoms with E-state index in [1.807, 2.05) is 18.2 Å². The van der Waals surface area contributed by atoms with Gasteiger partial charge in [0.25, 0.3) is 10.0 Å². The van der Waals surface area contributed by atoms with Crippen LogP contribution in [0.5, 0.6) is 11.5 Å². The number of anilines is 2. The van der Waals surface area contributed by atoms with Crippen LogP contribution in [-0.4, -0.2) is 33.7 Å². The van der Waals surface area contributed by atoms with Gasteiger partial charge in [0.1, 0.15) is 18.1 Å². The molecule has 2 aromatic carbocycles. The van der Waals surface area contributed by atoms with E-state index in [-0.39, 0.29) is 4.90 Å². The Labute approximate surface area is 164 Å². The molecule has 0 atom stereocenters.